The summed E-state index contributed by atoms with van der Waals surface area (Å²) in [6, 6.07) is 5.28. The number of halogens is 1. The van der Waals surface area contributed by atoms with E-state index in [1.54, 1.807) is 22.6 Å². The molecule has 0 saturated heterocycles. The quantitative estimate of drug-likeness (QED) is 0.625. The van der Waals surface area contributed by atoms with Crippen LogP contribution in [0.2, 0.25) is 5.02 Å². The number of benzene rings is 1. The standard InChI is InChI=1S/C12H9ClN2OS/c1-6-7(2)17-12-14-10-8(11(16)15(6)12)4-3-5-9(10)13/h3-5H,1-2H3. The summed E-state index contributed by atoms with van der Waals surface area (Å²) in [5, 5.41) is 1.08. The molecule has 0 fully saturated rings. The number of nitrogens with zero attached hydrogens (tertiary/aromatic N) is 2. The maximum Gasteiger partial charge on any atom is 0.266 e. The third-order valence-electron chi connectivity index (χ3n) is 2.91. The van der Waals surface area contributed by atoms with Crippen molar-refractivity contribution in [3.63, 3.8) is 0 Å². The van der Waals surface area contributed by atoms with E-state index in [-0.39, 0.29) is 5.56 Å². The summed E-state index contributed by atoms with van der Waals surface area (Å²) in [5.74, 6) is 0. The van der Waals surface area contributed by atoms with E-state index >= 15 is 0 Å². The van der Waals surface area contributed by atoms with Crippen molar-refractivity contribution in [2.24, 2.45) is 0 Å². The minimum absolute atomic E-state index is 0.0469. The fourth-order valence-corrected chi connectivity index (χ4v) is 3.06. The van der Waals surface area contributed by atoms with Gasteiger partial charge in [0.15, 0.2) is 4.96 Å². The third kappa shape index (κ3) is 1.41. The minimum atomic E-state index is -0.0469. The van der Waals surface area contributed by atoms with Gasteiger partial charge >= 0.3 is 0 Å². The molecule has 3 rings (SSSR count). The van der Waals surface area contributed by atoms with Gasteiger partial charge in [-0.05, 0) is 26.0 Å². The molecule has 0 N–H and O–H groups in total. The molecule has 0 aliphatic rings. The summed E-state index contributed by atoms with van der Waals surface area (Å²) < 4.78 is 1.65. The predicted molar refractivity (Wildman–Crippen MR) is 71.3 cm³/mol. The maximum atomic E-state index is 12.3. The topological polar surface area (TPSA) is 34.4 Å². The van der Waals surface area contributed by atoms with Crippen molar-refractivity contribution >= 4 is 38.8 Å². The van der Waals surface area contributed by atoms with Crippen molar-refractivity contribution in [3.8, 4) is 0 Å². The van der Waals surface area contributed by atoms with Crippen LogP contribution in [0.3, 0.4) is 0 Å². The average molecular weight is 265 g/mol. The number of rotatable bonds is 0. The lowest BCUT2D eigenvalue weighted by molar-refractivity contribution is 1.04. The first kappa shape index (κ1) is 10.7. The van der Waals surface area contributed by atoms with Gasteiger partial charge in [0.25, 0.3) is 5.56 Å². The van der Waals surface area contributed by atoms with Gasteiger partial charge in [-0.15, -0.1) is 11.3 Å². The predicted octanol–water partition coefficient (Wildman–Crippen LogP) is 3.18. The third-order valence-corrected chi connectivity index (χ3v) is 4.27. The molecule has 17 heavy (non-hydrogen) atoms. The molecule has 86 valence electrons. The Morgan fingerprint density at radius 2 is 2.12 bits per heavy atom. The van der Waals surface area contributed by atoms with E-state index in [2.05, 4.69) is 4.98 Å². The SMILES string of the molecule is Cc1sc2nc3c(Cl)cccc3c(=O)n2c1C. The van der Waals surface area contributed by atoms with Crippen LogP contribution in [0.4, 0.5) is 0 Å². The Balaban J connectivity index is 2.67. The van der Waals surface area contributed by atoms with Gasteiger partial charge in [-0.2, -0.15) is 0 Å². The normalized spacial score (nSPS) is 11.5. The highest BCUT2D eigenvalue weighted by Gasteiger charge is 2.12. The molecule has 3 nitrogen and oxygen atoms in total. The van der Waals surface area contributed by atoms with Crippen LogP contribution in [0.1, 0.15) is 10.6 Å². The molecule has 2 heterocycles. The lowest BCUT2D eigenvalue weighted by Crippen LogP contribution is -2.15. The first-order valence-corrected chi connectivity index (χ1v) is 6.36. The number of hydrogen-bond donors (Lipinski definition) is 0. The van der Waals surface area contributed by atoms with Gasteiger partial charge in [0.2, 0.25) is 0 Å². The molecule has 3 aromatic rings. The molecule has 0 bridgehead atoms. The lowest BCUT2D eigenvalue weighted by Gasteiger charge is -2.01. The van der Waals surface area contributed by atoms with Crippen molar-refractivity contribution in [1.29, 1.82) is 0 Å². The highest BCUT2D eigenvalue weighted by molar-refractivity contribution is 7.17. The molecule has 0 saturated carbocycles. The molecule has 1 aromatic carbocycles. The van der Waals surface area contributed by atoms with Gasteiger partial charge in [-0.25, -0.2) is 4.98 Å². The minimum Gasteiger partial charge on any atom is -0.268 e. The molecule has 0 atom stereocenters. The fourth-order valence-electron chi connectivity index (χ4n) is 1.89. The smallest absolute Gasteiger partial charge is 0.266 e. The molecular formula is C12H9ClN2OS. The monoisotopic (exact) mass is 264 g/mol. The Morgan fingerprint density at radius 3 is 2.88 bits per heavy atom. The van der Waals surface area contributed by atoms with Crippen molar-refractivity contribution in [1.82, 2.24) is 9.38 Å². The van der Waals surface area contributed by atoms with Gasteiger partial charge in [0.05, 0.1) is 15.9 Å². The van der Waals surface area contributed by atoms with Crippen LogP contribution in [0.5, 0.6) is 0 Å². The Hall–Kier alpha value is -1.39. The second-order valence-electron chi connectivity index (χ2n) is 3.91. The van der Waals surface area contributed by atoms with Gasteiger partial charge in [-0.3, -0.25) is 9.20 Å². The Morgan fingerprint density at radius 1 is 1.35 bits per heavy atom. The summed E-state index contributed by atoms with van der Waals surface area (Å²) in [4.78, 5) is 18.6. The van der Waals surface area contributed by atoms with Crippen molar-refractivity contribution in [2.45, 2.75) is 13.8 Å². The highest BCUT2D eigenvalue weighted by Crippen LogP contribution is 2.24. The van der Waals surface area contributed by atoms with Crippen LogP contribution >= 0.6 is 22.9 Å². The highest BCUT2D eigenvalue weighted by atomic mass is 35.5. The number of thiazole rings is 1. The second kappa shape index (κ2) is 3.55. The zero-order valence-electron chi connectivity index (χ0n) is 9.32. The van der Waals surface area contributed by atoms with E-state index in [0.717, 1.165) is 10.6 Å². The van der Waals surface area contributed by atoms with Gasteiger partial charge in [0, 0.05) is 10.6 Å². The first-order valence-electron chi connectivity index (χ1n) is 5.16. The lowest BCUT2D eigenvalue weighted by atomic mass is 10.2. The molecule has 0 amide bonds. The number of para-hydroxylation sites is 1. The number of fused-ring (bicyclic) bond motifs is 2. The van der Waals surface area contributed by atoms with E-state index in [0.29, 0.717) is 20.9 Å². The summed E-state index contributed by atoms with van der Waals surface area (Å²) in [6.07, 6.45) is 0. The molecular weight excluding hydrogens is 256 g/mol. The van der Waals surface area contributed by atoms with E-state index in [9.17, 15) is 4.79 Å². The van der Waals surface area contributed by atoms with Gasteiger partial charge in [0.1, 0.15) is 0 Å². The molecule has 0 radical (unpaired) electrons. The zero-order chi connectivity index (χ0) is 12.2. The average Bonchev–Trinajstić information content (AvgIpc) is 2.57. The van der Waals surface area contributed by atoms with Crippen molar-refractivity contribution in [3.05, 3.63) is 44.1 Å². The van der Waals surface area contributed by atoms with Crippen LogP contribution in [-0.4, -0.2) is 9.38 Å². The first-order chi connectivity index (χ1) is 8.09. The van der Waals surface area contributed by atoms with E-state index < -0.39 is 0 Å². The summed E-state index contributed by atoms with van der Waals surface area (Å²) in [7, 11) is 0. The van der Waals surface area contributed by atoms with Crippen LogP contribution in [0, 0.1) is 13.8 Å². The Labute approximate surface area is 106 Å². The second-order valence-corrected chi connectivity index (χ2v) is 5.50. The molecule has 0 unspecified atom stereocenters. The fraction of sp³-hybridized carbons (Fsp3) is 0.167. The molecule has 0 aliphatic heterocycles. The summed E-state index contributed by atoms with van der Waals surface area (Å²) in [6.45, 7) is 3.92. The molecule has 0 aliphatic carbocycles. The van der Waals surface area contributed by atoms with E-state index in [1.807, 2.05) is 13.8 Å². The van der Waals surface area contributed by atoms with Crippen molar-refractivity contribution in [2.75, 3.05) is 0 Å². The largest absolute Gasteiger partial charge is 0.268 e. The Kier molecular flexibility index (Phi) is 2.24. The Bertz CT molecular complexity index is 803. The molecule has 2 aromatic heterocycles. The summed E-state index contributed by atoms with van der Waals surface area (Å²) in [5.41, 5.74) is 1.49. The number of aryl methyl sites for hydroxylation is 2. The zero-order valence-corrected chi connectivity index (χ0v) is 10.9. The van der Waals surface area contributed by atoms with Gasteiger partial charge < -0.3 is 0 Å². The van der Waals surface area contributed by atoms with Crippen LogP contribution in [0.25, 0.3) is 15.9 Å². The molecule has 5 heteroatoms. The van der Waals surface area contributed by atoms with Crippen molar-refractivity contribution < 1.29 is 0 Å². The number of hydrogen-bond acceptors (Lipinski definition) is 3. The molecule has 0 spiro atoms. The van der Waals surface area contributed by atoms with E-state index in [4.69, 9.17) is 11.6 Å². The maximum absolute atomic E-state index is 12.3. The van der Waals surface area contributed by atoms with Gasteiger partial charge in [-0.1, -0.05) is 17.7 Å². The summed E-state index contributed by atoms with van der Waals surface area (Å²) >= 11 is 7.58. The van der Waals surface area contributed by atoms with Crippen LogP contribution in [0.15, 0.2) is 23.0 Å². The number of aromatic nitrogens is 2. The van der Waals surface area contributed by atoms with Crippen LogP contribution in [-0.2, 0) is 0 Å². The van der Waals surface area contributed by atoms with Crippen LogP contribution < -0.4 is 5.56 Å². The van der Waals surface area contributed by atoms with E-state index in [1.165, 1.54) is 11.3 Å².